The maximum absolute atomic E-state index is 9.40. The lowest BCUT2D eigenvalue weighted by atomic mass is 9.71. The molecule has 1 fully saturated rings. The summed E-state index contributed by atoms with van der Waals surface area (Å²) in [6, 6.07) is 0. The van der Waals surface area contributed by atoms with E-state index in [9.17, 15) is 5.11 Å². The summed E-state index contributed by atoms with van der Waals surface area (Å²) < 4.78 is 0. The summed E-state index contributed by atoms with van der Waals surface area (Å²) in [5.74, 6) is 1.27. The Balaban J connectivity index is 2.65. The van der Waals surface area contributed by atoms with Gasteiger partial charge >= 0.3 is 0 Å². The summed E-state index contributed by atoms with van der Waals surface area (Å²) in [4.78, 5) is 0. The van der Waals surface area contributed by atoms with Gasteiger partial charge in [-0.1, -0.05) is 20.8 Å². The minimum atomic E-state index is 0.161. The third kappa shape index (κ3) is 1.64. The van der Waals surface area contributed by atoms with E-state index in [-0.39, 0.29) is 5.41 Å². The highest BCUT2D eigenvalue weighted by Gasteiger charge is 2.39. The number of nitrogens with one attached hydrogen (secondary N) is 1. The fraction of sp³-hybridized carbons (Fsp3) is 1.00. The second kappa shape index (κ2) is 3.75. The maximum Gasteiger partial charge on any atom is 0.0502 e. The standard InChI is InChI=1S/C10H21NO/c1-8(2)9(3)10(7-12)4-5-11-6-10/h8-9,11-12H,4-7H2,1-3H3. The molecule has 0 aromatic heterocycles. The molecule has 2 atom stereocenters. The van der Waals surface area contributed by atoms with Crippen LogP contribution in [0.3, 0.4) is 0 Å². The first-order valence-electron chi connectivity index (χ1n) is 4.94. The highest BCUT2D eigenvalue weighted by Crippen LogP contribution is 2.37. The average molecular weight is 171 g/mol. The third-order valence-electron chi connectivity index (χ3n) is 3.56. The topological polar surface area (TPSA) is 32.3 Å². The number of hydrogen-bond acceptors (Lipinski definition) is 2. The van der Waals surface area contributed by atoms with E-state index in [1.807, 2.05) is 0 Å². The Labute approximate surface area is 75.4 Å². The minimum absolute atomic E-state index is 0.161. The molecule has 2 unspecified atom stereocenters. The zero-order valence-corrected chi connectivity index (χ0v) is 8.43. The summed E-state index contributed by atoms with van der Waals surface area (Å²) in [5.41, 5.74) is 0.161. The molecular formula is C10H21NO. The van der Waals surface area contributed by atoms with Crippen molar-refractivity contribution in [1.29, 1.82) is 0 Å². The zero-order valence-electron chi connectivity index (χ0n) is 8.43. The molecule has 0 bridgehead atoms. The molecular weight excluding hydrogens is 150 g/mol. The van der Waals surface area contributed by atoms with Crippen LogP contribution in [0.15, 0.2) is 0 Å². The largest absolute Gasteiger partial charge is 0.396 e. The molecule has 0 aromatic rings. The van der Waals surface area contributed by atoms with E-state index in [0.717, 1.165) is 19.5 Å². The minimum Gasteiger partial charge on any atom is -0.396 e. The molecule has 1 saturated heterocycles. The highest BCUT2D eigenvalue weighted by molar-refractivity contribution is 4.92. The first kappa shape index (κ1) is 10.0. The third-order valence-corrected chi connectivity index (χ3v) is 3.56. The predicted octanol–water partition coefficient (Wildman–Crippen LogP) is 1.25. The number of rotatable bonds is 3. The highest BCUT2D eigenvalue weighted by atomic mass is 16.3. The van der Waals surface area contributed by atoms with Crippen LogP contribution in [0.5, 0.6) is 0 Å². The van der Waals surface area contributed by atoms with Crippen molar-refractivity contribution in [2.75, 3.05) is 19.7 Å². The van der Waals surface area contributed by atoms with Gasteiger partial charge in [0.25, 0.3) is 0 Å². The molecule has 12 heavy (non-hydrogen) atoms. The summed E-state index contributed by atoms with van der Waals surface area (Å²) >= 11 is 0. The fourth-order valence-corrected chi connectivity index (χ4v) is 2.14. The SMILES string of the molecule is CC(C)C(C)C1(CO)CCNC1. The Morgan fingerprint density at radius 3 is 2.42 bits per heavy atom. The smallest absolute Gasteiger partial charge is 0.0502 e. The van der Waals surface area contributed by atoms with Gasteiger partial charge in [0.1, 0.15) is 0 Å². The van der Waals surface area contributed by atoms with Crippen molar-refractivity contribution in [3.8, 4) is 0 Å². The molecule has 1 heterocycles. The molecule has 0 saturated carbocycles. The van der Waals surface area contributed by atoms with E-state index in [1.54, 1.807) is 0 Å². The van der Waals surface area contributed by atoms with Gasteiger partial charge in [0, 0.05) is 12.0 Å². The van der Waals surface area contributed by atoms with Gasteiger partial charge in [-0.15, -0.1) is 0 Å². The Bertz CT molecular complexity index is 139. The van der Waals surface area contributed by atoms with E-state index < -0.39 is 0 Å². The molecule has 2 heteroatoms. The van der Waals surface area contributed by atoms with Crippen LogP contribution >= 0.6 is 0 Å². The van der Waals surface area contributed by atoms with E-state index >= 15 is 0 Å². The first-order chi connectivity index (χ1) is 5.62. The van der Waals surface area contributed by atoms with Gasteiger partial charge in [-0.05, 0) is 24.8 Å². The van der Waals surface area contributed by atoms with Crippen molar-refractivity contribution in [3.63, 3.8) is 0 Å². The van der Waals surface area contributed by atoms with Crippen LogP contribution < -0.4 is 5.32 Å². The maximum atomic E-state index is 9.40. The van der Waals surface area contributed by atoms with Gasteiger partial charge in [0.15, 0.2) is 0 Å². The lowest BCUT2D eigenvalue weighted by Gasteiger charge is -2.35. The quantitative estimate of drug-likeness (QED) is 0.670. The van der Waals surface area contributed by atoms with Gasteiger partial charge < -0.3 is 10.4 Å². The van der Waals surface area contributed by atoms with Crippen LogP contribution in [0.25, 0.3) is 0 Å². The fourth-order valence-electron chi connectivity index (χ4n) is 2.14. The normalized spacial score (nSPS) is 32.8. The van der Waals surface area contributed by atoms with Crippen LogP contribution in [-0.4, -0.2) is 24.8 Å². The second-order valence-electron chi connectivity index (χ2n) is 4.48. The van der Waals surface area contributed by atoms with Crippen molar-refractivity contribution in [3.05, 3.63) is 0 Å². The average Bonchev–Trinajstić information content (AvgIpc) is 2.52. The lowest BCUT2D eigenvalue weighted by molar-refractivity contribution is 0.0638. The van der Waals surface area contributed by atoms with Gasteiger partial charge in [-0.25, -0.2) is 0 Å². The molecule has 72 valence electrons. The van der Waals surface area contributed by atoms with Crippen LogP contribution in [-0.2, 0) is 0 Å². The van der Waals surface area contributed by atoms with Crippen molar-refractivity contribution in [2.24, 2.45) is 17.3 Å². The van der Waals surface area contributed by atoms with Crippen LogP contribution in [0.4, 0.5) is 0 Å². The van der Waals surface area contributed by atoms with E-state index in [0.29, 0.717) is 18.4 Å². The van der Waals surface area contributed by atoms with E-state index in [2.05, 4.69) is 26.1 Å². The lowest BCUT2D eigenvalue weighted by Crippen LogP contribution is -2.37. The Kier molecular flexibility index (Phi) is 3.13. The van der Waals surface area contributed by atoms with Crippen molar-refractivity contribution in [2.45, 2.75) is 27.2 Å². The Morgan fingerprint density at radius 1 is 1.42 bits per heavy atom. The van der Waals surface area contributed by atoms with Gasteiger partial charge in [0.2, 0.25) is 0 Å². The molecule has 0 spiro atoms. The van der Waals surface area contributed by atoms with Gasteiger partial charge in [-0.2, -0.15) is 0 Å². The van der Waals surface area contributed by atoms with Crippen LogP contribution in [0, 0.1) is 17.3 Å². The molecule has 1 aliphatic rings. The van der Waals surface area contributed by atoms with Crippen molar-refractivity contribution >= 4 is 0 Å². The summed E-state index contributed by atoms with van der Waals surface area (Å²) in [6.07, 6.45) is 1.13. The summed E-state index contributed by atoms with van der Waals surface area (Å²) in [7, 11) is 0. The molecule has 2 N–H and O–H groups in total. The molecule has 2 nitrogen and oxygen atoms in total. The summed E-state index contributed by atoms with van der Waals surface area (Å²) in [6.45, 7) is 9.12. The van der Waals surface area contributed by atoms with Gasteiger partial charge in [-0.3, -0.25) is 0 Å². The zero-order chi connectivity index (χ0) is 9.19. The Morgan fingerprint density at radius 2 is 2.08 bits per heavy atom. The van der Waals surface area contributed by atoms with Crippen molar-refractivity contribution in [1.82, 2.24) is 5.32 Å². The monoisotopic (exact) mass is 171 g/mol. The van der Waals surface area contributed by atoms with E-state index in [4.69, 9.17) is 0 Å². The second-order valence-corrected chi connectivity index (χ2v) is 4.48. The molecule has 0 radical (unpaired) electrons. The summed E-state index contributed by atoms with van der Waals surface area (Å²) in [5, 5.41) is 12.7. The van der Waals surface area contributed by atoms with Gasteiger partial charge in [0.05, 0.1) is 6.61 Å². The number of aliphatic hydroxyl groups excluding tert-OH is 1. The van der Waals surface area contributed by atoms with Crippen molar-refractivity contribution < 1.29 is 5.11 Å². The predicted molar refractivity (Wildman–Crippen MR) is 51.0 cm³/mol. The van der Waals surface area contributed by atoms with E-state index in [1.165, 1.54) is 0 Å². The number of aliphatic hydroxyl groups is 1. The molecule has 0 aromatic carbocycles. The van der Waals surface area contributed by atoms with Crippen LogP contribution in [0.1, 0.15) is 27.2 Å². The molecule has 1 rings (SSSR count). The number of hydrogen-bond donors (Lipinski definition) is 2. The van der Waals surface area contributed by atoms with Crippen LogP contribution in [0.2, 0.25) is 0 Å². The molecule has 1 aliphatic heterocycles. The molecule has 0 amide bonds. The Hall–Kier alpha value is -0.0800. The molecule has 0 aliphatic carbocycles. The first-order valence-corrected chi connectivity index (χ1v) is 4.94.